The first-order valence-corrected chi connectivity index (χ1v) is 6.42. The Hall–Kier alpha value is -0.970. The third-order valence-corrected chi connectivity index (χ3v) is 3.50. The number of halogens is 2. The second kappa shape index (κ2) is 9.06. The first-order chi connectivity index (χ1) is 8.70. The van der Waals surface area contributed by atoms with Crippen molar-refractivity contribution in [3.8, 4) is 0 Å². The fourth-order valence-electron chi connectivity index (χ4n) is 2.45. The van der Waals surface area contributed by atoms with Crippen LogP contribution in [-0.4, -0.2) is 31.2 Å². The van der Waals surface area contributed by atoms with Crippen LogP contribution in [0.25, 0.3) is 0 Å². The number of nitrogens with zero attached hydrogens (tertiary/aromatic N) is 1. The van der Waals surface area contributed by atoms with E-state index in [2.05, 4.69) is 34.5 Å². The lowest BCUT2D eigenvalue weighted by molar-refractivity contribution is -0.142. The van der Waals surface area contributed by atoms with Crippen LogP contribution in [0, 0.1) is 5.92 Å². The Kier molecular flexibility index (Phi) is 8.62. The summed E-state index contributed by atoms with van der Waals surface area (Å²) in [5.41, 5.74) is 2.46. The first-order valence-electron chi connectivity index (χ1n) is 6.42. The fourth-order valence-corrected chi connectivity index (χ4v) is 2.45. The molecule has 1 aromatic carbocycles. The highest BCUT2D eigenvalue weighted by Gasteiger charge is 2.24. The van der Waals surface area contributed by atoms with Crippen LogP contribution in [0.2, 0.25) is 0 Å². The summed E-state index contributed by atoms with van der Waals surface area (Å²) in [6, 6.07) is 8.44. The Morgan fingerprint density at radius 2 is 2.00 bits per heavy atom. The van der Waals surface area contributed by atoms with Crippen LogP contribution >= 0.6 is 24.8 Å². The zero-order valence-corrected chi connectivity index (χ0v) is 13.2. The summed E-state index contributed by atoms with van der Waals surface area (Å²) in [5.74, 6) is -0.819. The zero-order chi connectivity index (χ0) is 13.0. The van der Waals surface area contributed by atoms with Crippen LogP contribution < -0.4 is 10.2 Å². The Morgan fingerprint density at radius 1 is 1.35 bits per heavy atom. The number of rotatable bonds is 4. The Bertz CT molecular complexity index is 421. The van der Waals surface area contributed by atoms with Gasteiger partial charge in [0.05, 0.1) is 5.92 Å². The van der Waals surface area contributed by atoms with Crippen molar-refractivity contribution in [1.29, 1.82) is 0 Å². The summed E-state index contributed by atoms with van der Waals surface area (Å²) in [4.78, 5) is 13.2. The maximum absolute atomic E-state index is 10.9. The van der Waals surface area contributed by atoms with Gasteiger partial charge in [-0.15, -0.1) is 24.8 Å². The van der Waals surface area contributed by atoms with Crippen LogP contribution in [0.1, 0.15) is 18.4 Å². The van der Waals surface area contributed by atoms with E-state index in [1.54, 1.807) is 0 Å². The van der Waals surface area contributed by atoms with Gasteiger partial charge in [0, 0.05) is 25.3 Å². The van der Waals surface area contributed by atoms with Gasteiger partial charge in [-0.25, -0.2) is 0 Å². The Balaban J connectivity index is 0.00000180. The van der Waals surface area contributed by atoms with Gasteiger partial charge >= 0.3 is 5.97 Å². The number of carboxylic acid groups (broad SMARTS) is 1. The number of anilines is 1. The molecule has 1 aromatic rings. The van der Waals surface area contributed by atoms with E-state index >= 15 is 0 Å². The molecule has 1 aliphatic rings. The molecule has 0 aromatic heterocycles. The van der Waals surface area contributed by atoms with Gasteiger partial charge in [0.1, 0.15) is 0 Å². The smallest absolute Gasteiger partial charge is 0.306 e. The number of piperidine rings is 1. The van der Waals surface area contributed by atoms with Gasteiger partial charge in [0.25, 0.3) is 0 Å². The number of nitrogens with one attached hydrogen (secondary N) is 1. The van der Waals surface area contributed by atoms with Crippen LogP contribution in [0.3, 0.4) is 0 Å². The Labute approximate surface area is 132 Å². The molecular weight excluding hydrogens is 299 g/mol. The SMILES string of the molecule is CNCc1cccc(N2CCC(C(=O)O)CC2)c1.Cl.Cl. The van der Waals surface area contributed by atoms with Gasteiger partial charge < -0.3 is 15.3 Å². The highest BCUT2D eigenvalue weighted by Crippen LogP contribution is 2.24. The number of aliphatic carboxylic acids is 1. The molecule has 0 radical (unpaired) electrons. The van der Waals surface area contributed by atoms with Crippen molar-refractivity contribution < 1.29 is 9.90 Å². The van der Waals surface area contributed by atoms with E-state index in [0.29, 0.717) is 0 Å². The molecule has 2 N–H and O–H groups in total. The molecule has 0 saturated carbocycles. The van der Waals surface area contributed by atoms with Crippen molar-refractivity contribution in [2.24, 2.45) is 5.92 Å². The molecule has 1 aliphatic heterocycles. The molecule has 0 amide bonds. The van der Waals surface area contributed by atoms with E-state index in [-0.39, 0.29) is 30.7 Å². The van der Waals surface area contributed by atoms with Crippen LogP contribution in [0.4, 0.5) is 5.69 Å². The molecule has 1 fully saturated rings. The number of hydrogen-bond donors (Lipinski definition) is 2. The molecule has 0 unspecified atom stereocenters. The maximum atomic E-state index is 10.9. The second-order valence-electron chi connectivity index (χ2n) is 4.80. The summed E-state index contributed by atoms with van der Waals surface area (Å²) in [6.07, 6.45) is 1.48. The maximum Gasteiger partial charge on any atom is 0.306 e. The molecule has 20 heavy (non-hydrogen) atoms. The fraction of sp³-hybridized carbons (Fsp3) is 0.500. The monoisotopic (exact) mass is 320 g/mol. The minimum Gasteiger partial charge on any atom is -0.481 e. The van der Waals surface area contributed by atoms with Crippen molar-refractivity contribution >= 4 is 36.5 Å². The third-order valence-electron chi connectivity index (χ3n) is 3.50. The topological polar surface area (TPSA) is 52.6 Å². The van der Waals surface area contributed by atoms with E-state index in [9.17, 15) is 4.79 Å². The van der Waals surface area contributed by atoms with E-state index in [0.717, 1.165) is 32.5 Å². The quantitative estimate of drug-likeness (QED) is 0.895. The van der Waals surface area contributed by atoms with Crippen molar-refractivity contribution in [3.05, 3.63) is 29.8 Å². The number of carboxylic acids is 1. The van der Waals surface area contributed by atoms with E-state index in [1.165, 1.54) is 11.3 Å². The lowest BCUT2D eigenvalue weighted by Crippen LogP contribution is -2.36. The minimum absolute atomic E-state index is 0. The molecular formula is C14H22Cl2N2O2. The van der Waals surface area contributed by atoms with Crippen molar-refractivity contribution in [1.82, 2.24) is 5.32 Å². The molecule has 0 bridgehead atoms. The molecule has 0 atom stereocenters. The van der Waals surface area contributed by atoms with Gasteiger partial charge in [-0.3, -0.25) is 4.79 Å². The van der Waals surface area contributed by atoms with Gasteiger partial charge in [0.2, 0.25) is 0 Å². The van der Waals surface area contributed by atoms with Crippen molar-refractivity contribution in [2.75, 3.05) is 25.0 Å². The molecule has 2 rings (SSSR count). The minimum atomic E-state index is -0.654. The van der Waals surface area contributed by atoms with E-state index < -0.39 is 5.97 Å². The molecule has 1 saturated heterocycles. The highest BCUT2D eigenvalue weighted by atomic mass is 35.5. The largest absolute Gasteiger partial charge is 0.481 e. The summed E-state index contributed by atoms with van der Waals surface area (Å²) >= 11 is 0. The standard InChI is InChI=1S/C14H20N2O2.2ClH/c1-15-10-11-3-2-4-13(9-11)16-7-5-12(6-8-16)14(17)18;;/h2-4,9,12,15H,5-8,10H2,1H3,(H,17,18);2*1H. The van der Waals surface area contributed by atoms with E-state index in [1.807, 2.05) is 7.05 Å². The van der Waals surface area contributed by atoms with Crippen LogP contribution in [0.15, 0.2) is 24.3 Å². The van der Waals surface area contributed by atoms with Gasteiger partial charge in [-0.1, -0.05) is 12.1 Å². The molecule has 0 aliphatic carbocycles. The van der Waals surface area contributed by atoms with Crippen molar-refractivity contribution in [2.45, 2.75) is 19.4 Å². The molecule has 0 spiro atoms. The summed E-state index contributed by atoms with van der Waals surface area (Å²) in [5, 5.41) is 12.1. The molecule has 6 heteroatoms. The zero-order valence-electron chi connectivity index (χ0n) is 11.5. The normalized spacial score (nSPS) is 15.2. The molecule has 4 nitrogen and oxygen atoms in total. The van der Waals surface area contributed by atoms with Gasteiger partial charge in [-0.2, -0.15) is 0 Å². The average molecular weight is 321 g/mol. The summed E-state index contributed by atoms with van der Waals surface area (Å²) in [6.45, 7) is 2.53. The predicted molar refractivity (Wildman–Crippen MR) is 86.3 cm³/mol. The van der Waals surface area contributed by atoms with Crippen LogP contribution in [0.5, 0.6) is 0 Å². The van der Waals surface area contributed by atoms with Crippen LogP contribution in [-0.2, 0) is 11.3 Å². The van der Waals surface area contributed by atoms with Gasteiger partial charge in [-0.05, 0) is 37.6 Å². The lowest BCUT2D eigenvalue weighted by Gasteiger charge is -2.32. The number of benzene rings is 1. The third kappa shape index (κ3) is 4.85. The lowest BCUT2D eigenvalue weighted by atomic mass is 9.96. The molecule has 114 valence electrons. The summed E-state index contributed by atoms with van der Waals surface area (Å²) < 4.78 is 0. The Morgan fingerprint density at radius 3 is 2.55 bits per heavy atom. The van der Waals surface area contributed by atoms with E-state index in [4.69, 9.17) is 5.11 Å². The van der Waals surface area contributed by atoms with Crippen molar-refractivity contribution in [3.63, 3.8) is 0 Å². The second-order valence-corrected chi connectivity index (χ2v) is 4.80. The number of hydrogen-bond acceptors (Lipinski definition) is 3. The molecule has 1 heterocycles. The number of carbonyl (C=O) groups is 1. The average Bonchev–Trinajstić information content (AvgIpc) is 2.39. The highest BCUT2D eigenvalue weighted by molar-refractivity contribution is 5.85. The van der Waals surface area contributed by atoms with Gasteiger partial charge in [0.15, 0.2) is 0 Å². The summed E-state index contributed by atoms with van der Waals surface area (Å²) in [7, 11) is 1.94. The first kappa shape index (κ1) is 19.0. The predicted octanol–water partition coefficient (Wildman–Crippen LogP) is 2.55.